The summed E-state index contributed by atoms with van der Waals surface area (Å²) in [5.74, 6) is 0.643. The van der Waals surface area contributed by atoms with E-state index in [2.05, 4.69) is 20.5 Å². The summed E-state index contributed by atoms with van der Waals surface area (Å²) in [5.41, 5.74) is 5.65. The molecule has 9 heteroatoms. The van der Waals surface area contributed by atoms with Crippen LogP contribution in [0.2, 0.25) is 0 Å². The number of nitrogens with one attached hydrogen (secondary N) is 1. The van der Waals surface area contributed by atoms with Crippen LogP contribution < -0.4 is 16.3 Å². The van der Waals surface area contributed by atoms with Crippen molar-refractivity contribution >= 4 is 17.3 Å². The fraction of sp³-hybridized carbons (Fsp3) is 0.455. The van der Waals surface area contributed by atoms with Crippen molar-refractivity contribution in [2.24, 2.45) is 16.8 Å². The molecule has 0 aliphatic rings. The number of hydrogen-bond donors (Lipinski definition) is 3. The fourth-order valence-electron chi connectivity index (χ4n) is 1.87. The summed E-state index contributed by atoms with van der Waals surface area (Å²) in [6.45, 7) is 5.01. The lowest BCUT2D eigenvalue weighted by molar-refractivity contribution is 0.314. The molecule has 0 aliphatic carbocycles. The molecule has 2 heterocycles. The maximum absolute atomic E-state index is 11.5. The molecule has 1 atom stereocenters. The van der Waals surface area contributed by atoms with Crippen molar-refractivity contribution in [3.05, 3.63) is 22.6 Å². The molecule has 2 aromatic heterocycles. The molecule has 0 saturated carbocycles. The summed E-state index contributed by atoms with van der Waals surface area (Å²) in [5, 5.41) is 22.1. The number of hydrogen-bond acceptors (Lipinski definition) is 6. The Balaban J connectivity index is 2.29. The van der Waals surface area contributed by atoms with Gasteiger partial charge in [0.15, 0.2) is 5.65 Å². The Morgan fingerprint density at radius 3 is 3.05 bits per heavy atom. The van der Waals surface area contributed by atoms with Crippen molar-refractivity contribution in [2.75, 3.05) is 18.0 Å². The Labute approximate surface area is 114 Å². The Morgan fingerprint density at radius 2 is 2.40 bits per heavy atom. The highest BCUT2D eigenvalue weighted by Crippen LogP contribution is 2.12. The van der Waals surface area contributed by atoms with Crippen LogP contribution in [-0.4, -0.2) is 43.9 Å². The van der Waals surface area contributed by atoms with Crippen molar-refractivity contribution in [2.45, 2.75) is 13.8 Å². The SMILES string of the molecule is CCN(CC(C)C(N)=NO)c1ccc2n[nH]c(=O)n2n1. The van der Waals surface area contributed by atoms with E-state index in [1.54, 1.807) is 12.1 Å². The standard InChI is InChI=1S/C11H17N7O2/c1-3-17(6-7(2)10(12)16-20)9-5-4-8-13-14-11(19)18(8)15-9/h4-5,7,20H,3,6H2,1-2H3,(H2,12,16)(H,14,19). The maximum Gasteiger partial charge on any atom is 0.364 e. The predicted molar refractivity (Wildman–Crippen MR) is 74.1 cm³/mol. The second-order valence-corrected chi connectivity index (χ2v) is 4.45. The molecule has 0 bridgehead atoms. The van der Waals surface area contributed by atoms with Gasteiger partial charge < -0.3 is 15.8 Å². The zero-order chi connectivity index (χ0) is 14.7. The van der Waals surface area contributed by atoms with Crippen molar-refractivity contribution < 1.29 is 5.21 Å². The first kappa shape index (κ1) is 13.8. The number of nitrogens with two attached hydrogens (primary N) is 1. The number of aromatic nitrogens is 4. The van der Waals surface area contributed by atoms with E-state index >= 15 is 0 Å². The number of oxime groups is 1. The summed E-state index contributed by atoms with van der Waals surface area (Å²) in [4.78, 5) is 13.4. The third-order valence-corrected chi connectivity index (χ3v) is 3.08. The molecule has 9 nitrogen and oxygen atoms in total. The van der Waals surface area contributed by atoms with E-state index in [1.165, 1.54) is 4.52 Å². The van der Waals surface area contributed by atoms with E-state index in [9.17, 15) is 4.79 Å². The maximum atomic E-state index is 11.5. The van der Waals surface area contributed by atoms with Crippen molar-refractivity contribution in [1.29, 1.82) is 0 Å². The third kappa shape index (κ3) is 2.56. The first-order valence-corrected chi connectivity index (χ1v) is 6.23. The van der Waals surface area contributed by atoms with Crippen molar-refractivity contribution in [3.63, 3.8) is 0 Å². The molecule has 4 N–H and O–H groups in total. The Bertz CT molecular complexity index is 675. The molecular formula is C11H17N7O2. The van der Waals surface area contributed by atoms with E-state index < -0.39 is 0 Å². The van der Waals surface area contributed by atoms with Crippen LogP contribution in [0.5, 0.6) is 0 Å². The fourth-order valence-corrected chi connectivity index (χ4v) is 1.87. The van der Waals surface area contributed by atoms with Gasteiger partial charge in [0, 0.05) is 19.0 Å². The zero-order valence-corrected chi connectivity index (χ0v) is 11.3. The smallest absolute Gasteiger partial charge is 0.364 e. The minimum Gasteiger partial charge on any atom is -0.409 e. The van der Waals surface area contributed by atoms with Crippen LogP contribution >= 0.6 is 0 Å². The lowest BCUT2D eigenvalue weighted by Crippen LogP contribution is -2.35. The van der Waals surface area contributed by atoms with E-state index in [-0.39, 0.29) is 17.4 Å². The van der Waals surface area contributed by atoms with Crippen LogP contribution in [-0.2, 0) is 0 Å². The average Bonchev–Trinajstić information content (AvgIpc) is 2.84. The van der Waals surface area contributed by atoms with Gasteiger partial charge in [-0.25, -0.2) is 9.89 Å². The molecule has 0 amide bonds. The van der Waals surface area contributed by atoms with Gasteiger partial charge in [0.25, 0.3) is 0 Å². The average molecular weight is 279 g/mol. The molecule has 20 heavy (non-hydrogen) atoms. The summed E-state index contributed by atoms with van der Waals surface area (Å²) in [6.07, 6.45) is 0. The minimum atomic E-state index is -0.387. The van der Waals surface area contributed by atoms with Crippen molar-refractivity contribution in [3.8, 4) is 0 Å². The second kappa shape index (κ2) is 5.59. The van der Waals surface area contributed by atoms with Gasteiger partial charge in [-0.2, -0.15) is 9.61 Å². The predicted octanol–water partition coefficient (Wildman–Crippen LogP) is -0.374. The lowest BCUT2D eigenvalue weighted by atomic mass is 10.1. The highest BCUT2D eigenvalue weighted by Gasteiger charge is 2.15. The molecule has 0 aromatic carbocycles. The largest absolute Gasteiger partial charge is 0.409 e. The van der Waals surface area contributed by atoms with Crippen LogP contribution in [0.15, 0.2) is 22.1 Å². The summed E-state index contributed by atoms with van der Waals surface area (Å²) in [7, 11) is 0. The minimum absolute atomic E-state index is 0.140. The molecule has 0 radical (unpaired) electrons. The third-order valence-electron chi connectivity index (χ3n) is 3.08. The molecule has 2 aromatic rings. The Hall–Kier alpha value is -2.58. The number of H-pyrrole nitrogens is 1. The summed E-state index contributed by atoms with van der Waals surface area (Å²) >= 11 is 0. The number of amidine groups is 1. The lowest BCUT2D eigenvalue weighted by Gasteiger charge is -2.24. The molecule has 0 aliphatic heterocycles. The molecule has 0 fully saturated rings. The van der Waals surface area contributed by atoms with Gasteiger partial charge in [-0.3, -0.25) is 0 Å². The molecule has 2 rings (SSSR count). The highest BCUT2D eigenvalue weighted by molar-refractivity contribution is 5.82. The second-order valence-electron chi connectivity index (χ2n) is 4.45. The van der Waals surface area contributed by atoms with Crippen LogP contribution in [0.4, 0.5) is 5.82 Å². The molecular weight excluding hydrogens is 262 g/mol. The normalized spacial score (nSPS) is 13.6. The first-order chi connectivity index (χ1) is 9.56. The number of aromatic amines is 1. The summed E-state index contributed by atoms with van der Waals surface area (Å²) in [6, 6.07) is 3.48. The van der Waals surface area contributed by atoms with E-state index in [4.69, 9.17) is 10.9 Å². The zero-order valence-electron chi connectivity index (χ0n) is 11.3. The quantitative estimate of drug-likeness (QED) is 0.297. The summed E-state index contributed by atoms with van der Waals surface area (Å²) < 4.78 is 1.20. The molecule has 0 spiro atoms. The van der Waals surface area contributed by atoms with E-state index in [0.717, 1.165) is 0 Å². The number of fused-ring (bicyclic) bond motifs is 1. The van der Waals surface area contributed by atoms with Crippen LogP contribution in [0.3, 0.4) is 0 Å². The Morgan fingerprint density at radius 1 is 1.65 bits per heavy atom. The molecule has 1 unspecified atom stereocenters. The van der Waals surface area contributed by atoms with Gasteiger partial charge in [-0.05, 0) is 19.1 Å². The van der Waals surface area contributed by atoms with Crippen LogP contribution in [0, 0.1) is 5.92 Å². The van der Waals surface area contributed by atoms with E-state index in [1.807, 2.05) is 18.7 Å². The number of rotatable bonds is 5. The van der Waals surface area contributed by atoms with Crippen LogP contribution in [0.25, 0.3) is 5.65 Å². The monoisotopic (exact) mass is 279 g/mol. The van der Waals surface area contributed by atoms with Gasteiger partial charge in [0.1, 0.15) is 11.7 Å². The van der Waals surface area contributed by atoms with E-state index in [0.29, 0.717) is 24.6 Å². The van der Waals surface area contributed by atoms with Gasteiger partial charge in [0.2, 0.25) is 0 Å². The van der Waals surface area contributed by atoms with Crippen molar-refractivity contribution in [1.82, 2.24) is 19.8 Å². The van der Waals surface area contributed by atoms with Crippen LogP contribution in [0.1, 0.15) is 13.8 Å². The van der Waals surface area contributed by atoms with Gasteiger partial charge in [-0.1, -0.05) is 12.1 Å². The molecule has 0 saturated heterocycles. The van der Waals surface area contributed by atoms with Gasteiger partial charge in [-0.15, -0.1) is 5.10 Å². The highest BCUT2D eigenvalue weighted by atomic mass is 16.4. The number of nitrogens with zero attached hydrogens (tertiary/aromatic N) is 5. The topological polar surface area (TPSA) is 125 Å². The Kier molecular flexibility index (Phi) is 3.87. The molecule has 108 valence electrons. The van der Waals surface area contributed by atoms with Gasteiger partial charge in [0.05, 0.1) is 0 Å². The number of anilines is 1. The first-order valence-electron chi connectivity index (χ1n) is 6.23. The van der Waals surface area contributed by atoms with Gasteiger partial charge >= 0.3 is 5.69 Å².